The molecular weight excluding hydrogens is 262 g/mol. The van der Waals surface area contributed by atoms with Gasteiger partial charge in [-0.25, -0.2) is 4.79 Å². The molecule has 0 saturated carbocycles. The van der Waals surface area contributed by atoms with Gasteiger partial charge in [0.05, 0.1) is 12.1 Å². The van der Waals surface area contributed by atoms with Crippen molar-refractivity contribution in [1.29, 1.82) is 0 Å². The van der Waals surface area contributed by atoms with E-state index in [1.165, 1.54) is 11.1 Å². The van der Waals surface area contributed by atoms with Crippen molar-refractivity contribution in [1.82, 2.24) is 4.90 Å². The van der Waals surface area contributed by atoms with Crippen molar-refractivity contribution in [2.45, 2.75) is 25.9 Å². The predicted octanol–water partition coefficient (Wildman–Crippen LogP) is 3.10. The summed E-state index contributed by atoms with van der Waals surface area (Å²) < 4.78 is 5.26. The van der Waals surface area contributed by atoms with Gasteiger partial charge in [-0.05, 0) is 37.9 Å². The monoisotopic (exact) mass is 279 g/mol. The first-order chi connectivity index (χ1) is 9.06. The molecule has 102 valence electrons. The molecule has 1 unspecified atom stereocenters. The lowest BCUT2D eigenvalue weighted by molar-refractivity contribution is 0.0696. The minimum Gasteiger partial charge on any atom is -0.478 e. The highest BCUT2D eigenvalue weighted by molar-refractivity contribution is 7.09. The van der Waals surface area contributed by atoms with E-state index in [1.54, 1.807) is 17.4 Å². The van der Waals surface area contributed by atoms with Crippen molar-refractivity contribution in [3.8, 4) is 0 Å². The van der Waals surface area contributed by atoms with Gasteiger partial charge in [0.25, 0.3) is 0 Å². The Labute approximate surface area is 116 Å². The molecule has 2 rings (SSSR count). The lowest BCUT2D eigenvalue weighted by atomic mass is 10.2. The van der Waals surface area contributed by atoms with Crippen molar-refractivity contribution < 1.29 is 14.3 Å². The van der Waals surface area contributed by atoms with Gasteiger partial charge in [-0.2, -0.15) is 0 Å². The fourth-order valence-corrected chi connectivity index (χ4v) is 2.68. The summed E-state index contributed by atoms with van der Waals surface area (Å²) in [7, 11) is 2.02. The third-order valence-electron chi connectivity index (χ3n) is 3.14. The van der Waals surface area contributed by atoms with Gasteiger partial charge < -0.3 is 9.52 Å². The van der Waals surface area contributed by atoms with Crippen LogP contribution in [-0.4, -0.2) is 29.1 Å². The number of hydrogen-bond acceptors (Lipinski definition) is 4. The molecule has 0 aromatic carbocycles. The molecule has 0 bridgehead atoms. The molecule has 5 heteroatoms. The number of likely N-dealkylation sites (N-methyl/N-ethyl adjacent to an activating group) is 1. The van der Waals surface area contributed by atoms with Crippen LogP contribution in [0.15, 0.2) is 34.3 Å². The van der Waals surface area contributed by atoms with Gasteiger partial charge in [-0.15, -0.1) is 11.3 Å². The highest BCUT2D eigenvalue weighted by Crippen LogP contribution is 2.16. The van der Waals surface area contributed by atoms with Gasteiger partial charge in [0.15, 0.2) is 0 Å². The Balaban J connectivity index is 1.92. The summed E-state index contributed by atoms with van der Waals surface area (Å²) in [5.41, 5.74) is 0.203. The smallest absolute Gasteiger partial charge is 0.338 e. The third kappa shape index (κ3) is 3.68. The topological polar surface area (TPSA) is 53.7 Å². The molecule has 19 heavy (non-hydrogen) atoms. The van der Waals surface area contributed by atoms with Crippen LogP contribution < -0.4 is 0 Å². The standard InChI is InChI=1S/C14H17NO3S/c1-10(6-13-4-3-5-19-13)15(2)8-12-7-11(9-18-12)14(16)17/h3-5,7,9-10H,6,8H2,1-2H3,(H,16,17). The van der Waals surface area contributed by atoms with Crippen LogP contribution in [0.1, 0.15) is 27.9 Å². The van der Waals surface area contributed by atoms with Gasteiger partial charge in [0.2, 0.25) is 0 Å². The fourth-order valence-electron chi connectivity index (χ4n) is 1.85. The normalized spacial score (nSPS) is 12.8. The Morgan fingerprint density at radius 3 is 2.95 bits per heavy atom. The van der Waals surface area contributed by atoms with E-state index >= 15 is 0 Å². The summed E-state index contributed by atoms with van der Waals surface area (Å²) in [6.45, 7) is 2.76. The number of carboxylic acid groups (broad SMARTS) is 1. The first-order valence-electron chi connectivity index (χ1n) is 6.09. The van der Waals surface area contributed by atoms with Crippen LogP contribution in [0.2, 0.25) is 0 Å². The minimum absolute atomic E-state index is 0.203. The van der Waals surface area contributed by atoms with Crippen LogP contribution >= 0.6 is 11.3 Å². The molecular formula is C14H17NO3S. The van der Waals surface area contributed by atoms with Crippen molar-refractivity contribution in [3.63, 3.8) is 0 Å². The third-order valence-corrected chi connectivity index (χ3v) is 4.03. The highest BCUT2D eigenvalue weighted by Gasteiger charge is 2.14. The van der Waals surface area contributed by atoms with Crippen molar-refractivity contribution in [2.75, 3.05) is 7.05 Å². The van der Waals surface area contributed by atoms with E-state index in [0.29, 0.717) is 18.3 Å². The van der Waals surface area contributed by atoms with E-state index in [-0.39, 0.29) is 5.56 Å². The molecule has 0 saturated heterocycles. The van der Waals surface area contributed by atoms with Crippen LogP contribution in [0.3, 0.4) is 0 Å². The number of thiophene rings is 1. The lowest BCUT2D eigenvalue weighted by Crippen LogP contribution is -2.29. The van der Waals surface area contributed by atoms with Gasteiger partial charge in [-0.1, -0.05) is 6.07 Å². The Bertz CT molecular complexity index is 533. The molecule has 1 atom stereocenters. The second-order valence-corrected chi connectivity index (χ2v) is 5.69. The van der Waals surface area contributed by atoms with E-state index in [1.807, 2.05) is 7.05 Å². The predicted molar refractivity (Wildman–Crippen MR) is 74.6 cm³/mol. The molecule has 0 fully saturated rings. The molecule has 0 spiro atoms. The lowest BCUT2D eigenvalue weighted by Gasteiger charge is -2.23. The first kappa shape index (κ1) is 13.8. The van der Waals surface area contributed by atoms with Gasteiger partial charge in [-0.3, -0.25) is 4.90 Å². The van der Waals surface area contributed by atoms with Crippen LogP contribution in [-0.2, 0) is 13.0 Å². The number of nitrogens with zero attached hydrogens (tertiary/aromatic N) is 1. The Morgan fingerprint density at radius 2 is 2.37 bits per heavy atom. The molecule has 0 aliphatic carbocycles. The van der Waals surface area contributed by atoms with Crippen molar-refractivity contribution in [3.05, 3.63) is 46.0 Å². The van der Waals surface area contributed by atoms with Crippen LogP contribution in [0.4, 0.5) is 0 Å². The summed E-state index contributed by atoms with van der Waals surface area (Å²) in [5, 5.41) is 10.9. The van der Waals surface area contributed by atoms with Crippen LogP contribution in [0.25, 0.3) is 0 Å². The zero-order valence-corrected chi connectivity index (χ0v) is 11.8. The second kappa shape index (κ2) is 6.04. The average Bonchev–Trinajstić information content (AvgIpc) is 2.99. The highest BCUT2D eigenvalue weighted by atomic mass is 32.1. The maximum atomic E-state index is 10.8. The first-order valence-corrected chi connectivity index (χ1v) is 6.97. The summed E-state index contributed by atoms with van der Waals surface area (Å²) in [5.74, 6) is -0.276. The average molecular weight is 279 g/mol. The van der Waals surface area contributed by atoms with Gasteiger partial charge >= 0.3 is 5.97 Å². The molecule has 4 nitrogen and oxygen atoms in total. The van der Waals surface area contributed by atoms with E-state index in [0.717, 1.165) is 6.42 Å². The summed E-state index contributed by atoms with van der Waals surface area (Å²) in [6.07, 6.45) is 2.27. The molecule has 2 aromatic rings. The van der Waals surface area contributed by atoms with E-state index in [2.05, 4.69) is 29.3 Å². The maximum absolute atomic E-state index is 10.8. The molecule has 0 amide bonds. The molecule has 1 N–H and O–H groups in total. The summed E-state index contributed by atoms with van der Waals surface area (Å²) >= 11 is 1.76. The van der Waals surface area contributed by atoms with Gasteiger partial charge in [0, 0.05) is 10.9 Å². The Morgan fingerprint density at radius 1 is 1.58 bits per heavy atom. The molecule has 2 heterocycles. The number of hydrogen-bond donors (Lipinski definition) is 1. The molecule has 0 aliphatic rings. The van der Waals surface area contributed by atoms with Crippen molar-refractivity contribution in [2.24, 2.45) is 0 Å². The number of carbonyl (C=O) groups is 1. The molecule has 0 aliphatic heterocycles. The number of furan rings is 1. The largest absolute Gasteiger partial charge is 0.478 e. The Hall–Kier alpha value is -1.59. The van der Waals surface area contributed by atoms with Crippen LogP contribution in [0, 0.1) is 0 Å². The quantitative estimate of drug-likeness (QED) is 0.882. The van der Waals surface area contributed by atoms with Gasteiger partial charge in [0.1, 0.15) is 12.0 Å². The van der Waals surface area contributed by atoms with E-state index in [9.17, 15) is 4.79 Å². The zero-order chi connectivity index (χ0) is 13.8. The molecule has 0 radical (unpaired) electrons. The second-order valence-electron chi connectivity index (χ2n) is 4.65. The minimum atomic E-state index is -0.954. The maximum Gasteiger partial charge on any atom is 0.338 e. The summed E-state index contributed by atoms with van der Waals surface area (Å²) in [4.78, 5) is 14.3. The Kier molecular flexibility index (Phi) is 4.39. The summed E-state index contributed by atoms with van der Waals surface area (Å²) in [6, 6.07) is 6.14. The number of rotatable bonds is 6. The van der Waals surface area contributed by atoms with E-state index < -0.39 is 5.97 Å². The van der Waals surface area contributed by atoms with E-state index in [4.69, 9.17) is 9.52 Å². The number of aromatic carboxylic acids is 1. The molecule has 2 aromatic heterocycles. The zero-order valence-electron chi connectivity index (χ0n) is 11.0. The SMILES string of the molecule is CC(Cc1cccs1)N(C)Cc1cc(C(=O)O)co1. The van der Waals surface area contributed by atoms with Crippen molar-refractivity contribution >= 4 is 17.3 Å². The number of carboxylic acids is 1. The fraction of sp³-hybridized carbons (Fsp3) is 0.357. The van der Waals surface area contributed by atoms with Crippen LogP contribution in [0.5, 0.6) is 0 Å².